The maximum absolute atomic E-state index is 12.3. The van der Waals surface area contributed by atoms with Crippen LogP contribution in [-0.4, -0.2) is 19.1 Å². The highest BCUT2D eigenvalue weighted by atomic mass is 16.5. The van der Waals surface area contributed by atoms with E-state index in [4.69, 9.17) is 9.47 Å². The van der Waals surface area contributed by atoms with Crippen LogP contribution in [0.2, 0.25) is 0 Å². The van der Waals surface area contributed by atoms with E-state index in [-0.39, 0.29) is 5.91 Å². The lowest BCUT2D eigenvalue weighted by Gasteiger charge is -2.15. The van der Waals surface area contributed by atoms with Crippen molar-refractivity contribution in [3.63, 3.8) is 0 Å². The summed E-state index contributed by atoms with van der Waals surface area (Å²) in [7, 11) is 1.60. The number of benzene rings is 3. The lowest BCUT2D eigenvalue weighted by atomic mass is 10.2. The van der Waals surface area contributed by atoms with Gasteiger partial charge in [0, 0.05) is 17.1 Å². The monoisotopic (exact) mass is 362 g/mol. The Kier molecular flexibility index (Phi) is 5.94. The minimum absolute atomic E-state index is 0.213. The predicted molar refractivity (Wildman–Crippen MR) is 108 cm³/mol. The molecule has 0 radical (unpaired) electrons. The molecule has 5 nitrogen and oxygen atoms in total. The van der Waals surface area contributed by atoms with Crippen molar-refractivity contribution in [3.8, 4) is 11.5 Å². The Balaban J connectivity index is 1.54. The van der Waals surface area contributed by atoms with Gasteiger partial charge in [0.2, 0.25) is 0 Å². The molecule has 3 aromatic carbocycles. The summed E-state index contributed by atoms with van der Waals surface area (Å²) in [6, 6.07) is 24.6. The van der Waals surface area contributed by atoms with Crippen LogP contribution in [0.5, 0.6) is 11.5 Å². The first kappa shape index (κ1) is 18.3. The van der Waals surface area contributed by atoms with Crippen LogP contribution in [0.15, 0.2) is 78.9 Å². The summed E-state index contributed by atoms with van der Waals surface area (Å²) in [4.78, 5) is 12.3. The fraction of sp³-hybridized carbons (Fsp3) is 0.136. The molecule has 3 rings (SSSR count). The maximum atomic E-state index is 12.3. The Morgan fingerprint density at radius 1 is 0.778 bits per heavy atom. The topological polar surface area (TPSA) is 59.6 Å². The summed E-state index contributed by atoms with van der Waals surface area (Å²) in [5.41, 5.74) is 2.67. The number of nitrogens with one attached hydrogen (secondary N) is 2. The average molecular weight is 362 g/mol. The number of carbonyl (C=O) groups is 1. The highest BCUT2D eigenvalue weighted by Gasteiger charge is 2.15. The van der Waals surface area contributed by atoms with Crippen molar-refractivity contribution in [2.75, 3.05) is 17.7 Å². The van der Waals surface area contributed by atoms with Gasteiger partial charge in [0.1, 0.15) is 11.5 Å². The van der Waals surface area contributed by atoms with Gasteiger partial charge >= 0.3 is 0 Å². The number of methoxy groups -OCH3 is 1. The second kappa shape index (κ2) is 8.76. The van der Waals surface area contributed by atoms with Gasteiger partial charge in [-0.05, 0) is 67.6 Å². The van der Waals surface area contributed by atoms with Gasteiger partial charge in [0.25, 0.3) is 5.91 Å². The number of ether oxygens (including phenoxy) is 2. The zero-order valence-corrected chi connectivity index (χ0v) is 15.3. The highest BCUT2D eigenvalue weighted by Crippen LogP contribution is 2.20. The van der Waals surface area contributed by atoms with Crippen molar-refractivity contribution in [1.82, 2.24) is 0 Å². The molecule has 0 spiro atoms. The molecule has 0 aliphatic heterocycles. The molecule has 0 unspecified atom stereocenters. The van der Waals surface area contributed by atoms with Crippen LogP contribution in [0.25, 0.3) is 0 Å². The molecule has 0 aliphatic carbocycles. The van der Waals surface area contributed by atoms with Crippen LogP contribution in [0.4, 0.5) is 17.1 Å². The number of hydrogen-bond acceptors (Lipinski definition) is 4. The number of carbonyl (C=O) groups excluding carboxylic acids is 1. The third-order valence-electron chi connectivity index (χ3n) is 3.96. The van der Waals surface area contributed by atoms with Crippen LogP contribution in [0.3, 0.4) is 0 Å². The molecule has 0 bridgehead atoms. The van der Waals surface area contributed by atoms with Gasteiger partial charge in [-0.2, -0.15) is 0 Å². The molecule has 0 aliphatic rings. The Labute approximate surface area is 158 Å². The first-order chi connectivity index (χ1) is 13.1. The van der Waals surface area contributed by atoms with E-state index in [1.807, 2.05) is 54.6 Å². The van der Waals surface area contributed by atoms with E-state index >= 15 is 0 Å². The van der Waals surface area contributed by atoms with Gasteiger partial charge in [-0.25, -0.2) is 0 Å². The zero-order chi connectivity index (χ0) is 19.1. The van der Waals surface area contributed by atoms with Crippen molar-refractivity contribution >= 4 is 23.0 Å². The van der Waals surface area contributed by atoms with Crippen LogP contribution >= 0.6 is 0 Å². The third-order valence-corrected chi connectivity index (χ3v) is 3.96. The van der Waals surface area contributed by atoms with Crippen molar-refractivity contribution in [3.05, 3.63) is 78.9 Å². The standard InChI is InChI=1S/C22H22N2O3/c1-16(27-21-14-12-20(26-2)13-15-21)22(25)24-19-10-8-18(9-11-19)23-17-6-4-3-5-7-17/h3-16,23H,1-2H3,(H,24,25)/t16-/m1/s1. The molecule has 5 heteroatoms. The summed E-state index contributed by atoms with van der Waals surface area (Å²) in [5.74, 6) is 1.14. The molecule has 1 amide bonds. The molecule has 138 valence electrons. The molecule has 0 fully saturated rings. The quantitative estimate of drug-likeness (QED) is 0.631. The van der Waals surface area contributed by atoms with Gasteiger partial charge in [-0.3, -0.25) is 4.79 Å². The lowest BCUT2D eigenvalue weighted by molar-refractivity contribution is -0.122. The predicted octanol–water partition coefficient (Wildman–Crippen LogP) is 4.84. The van der Waals surface area contributed by atoms with Crippen LogP contribution in [0.1, 0.15) is 6.92 Å². The summed E-state index contributed by atoms with van der Waals surface area (Å²) >= 11 is 0. The van der Waals surface area contributed by atoms with E-state index < -0.39 is 6.10 Å². The highest BCUT2D eigenvalue weighted by molar-refractivity contribution is 5.94. The molecule has 27 heavy (non-hydrogen) atoms. The van der Waals surface area contributed by atoms with Crippen molar-refractivity contribution < 1.29 is 14.3 Å². The SMILES string of the molecule is COc1ccc(O[C@H](C)C(=O)Nc2ccc(Nc3ccccc3)cc2)cc1. The van der Waals surface area contributed by atoms with Crippen LogP contribution in [-0.2, 0) is 4.79 Å². The molecule has 0 saturated heterocycles. The number of anilines is 3. The van der Waals surface area contributed by atoms with E-state index in [1.54, 1.807) is 38.3 Å². The van der Waals surface area contributed by atoms with Gasteiger partial charge in [0.15, 0.2) is 6.10 Å². The van der Waals surface area contributed by atoms with Crippen molar-refractivity contribution in [1.29, 1.82) is 0 Å². The zero-order valence-electron chi connectivity index (χ0n) is 15.3. The fourth-order valence-corrected chi connectivity index (χ4v) is 2.48. The molecule has 3 aromatic rings. The summed E-state index contributed by atoms with van der Waals surface area (Å²) in [6.45, 7) is 1.71. The van der Waals surface area contributed by atoms with Gasteiger partial charge in [0.05, 0.1) is 7.11 Å². The Bertz CT molecular complexity index is 862. The average Bonchev–Trinajstić information content (AvgIpc) is 2.71. The first-order valence-corrected chi connectivity index (χ1v) is 8.68. The van der Waals surface area contributed by atoms with Crippen LogP contribution in [0, 0.1) is 0 Å². The smallest absolute Gasteiger partial charge is 0.265 e. The van der Waals surface area contributed by atoms with E-state index in [1.165, 1.54) is 0 Å². The molecule has 0 aromatic heterocycles. The lowest BCUT2D eigenvalue weighted by Crippen LogP contribution is -2.30. The van der Waals surface area contributed by atoms with Gasteiger partial charge in [-0.1, -0.05) is 18.2 Å². The second-order valence-electron chi connectivity index (χ2n) is 5.99. The van der Waals surface area contributed by atoms with E-state index in [0.29, 0.717) is 11.4 Å². The first-order valence-electron chi connectivity index (χ1n) is 8.68. The summed E-state index contributed by atoms with van der Waals surface area (Å²) in [5, 5.41) is 6.16. The third kappa shape index (κ3) is 5.25. The maximum Gasteiger partial charge on any atom is 0.265 e. The minimum atomic E-state index is -0.625. The van der Waals surface area contributed by atoms with Crippen LogP contribution < -0.4 is 20.1 Å². The largest absolute Gasteiger partial charge is 0.497 e. The molecule has 2 N–H and O–H groups in total. The summed E-state index contributed by atoms with van der Waals surface area (Å²) in [6.07, 6.45) is -0.625. The Morgan fingerprint density at radius 3 is 1.96 bits per heavy atom. The number of hydrogen-bond donors (Lipinski definition) is 2. The van der Waals surface area contributed by atoms with E-state index in [0.717, 1.165) is 17.1 Å². The Hall–Kier alpha value is -3.47. The molecular formula is C22H22N2O3. The van der Waals surface area contributed by atoms with E-state index in [9.17, 15) is 4.79 Å². The van der Waals surface area contributed by atoms with Gasteiger partial charge in [-0.15, -0.1) is 0 Å². The molecular weight excluding hydrogens is 340 g/mol. The Morgan fingerprint density at radius 2 is 1.33 bits per heavy atom. The van der Waals surface area contributed by atoms with Crippen molar-refractivity contribution in [2.45, 2.75) is 13.0 Å². The van der Waals surface area contributed by atoms with Gasteiger partial charge < -0.3 is 20.1 Å². The molecule has 0 saturated carbocycles. The number of amides is 1. The fourth-order valence-electron chi connectivity index (χ4n) is 2.48. The van der Waals surface area contributed by atoms with E-state index in [2.05, 4.69) is 10.6 Å². The molecule has 1 atom stereocenters. The van der Waals surface area contributed by atoms with Crippen molar-refractivity contribution in [2.24, 2.45) is 0 Å². The second-order valence-corrected chi connectivity index (χ2v) is 5.99. The minimum Gasteiger partial charge on any atom is -0.497 e. The number of para-hydroxylation sites is 1. The normalized spacial score (nSPS) is 11.3. The number of rotatable bonds is 7. The molecule has 0 heterocycles. The summed E-state index contributed by atoms with van der Waals surface area (Å²) < 4.78 is 10.8.